The second-order valence-electron chi connectivity index (χ2n) is 5.98. The molecule has 0 spiro atoms. The van der Waals surface area contributed by atoms with Crippen molar-refractivity contribution in [2.75, 3.05) is 40.3 Å². The van der Waals surface area contributed by atoms with Gasteiger partial charge in [0.1, 0.15) is 0 Å². The van der Waals surface area contributed by atoms with Crippen LogP contribution in [-0.2, 0) is 4.79 Å². The van der Waals surface area contributed by atoms with Gasteiger partial charge in [-0.15, -0.1) is 11.6 Å². The number of nitrogens with zero attached hydrogens (tertiary/aromatic N) is 1. The summed E-state index contributed by atoms with van der Waals surface area (Å²) in [5.74, 6) is 1.48. The first kappa shape index (κ1) is 20.2. The van der Waals surface area contributed by atoms with Gasteiger partial charge >= 0.3 is 0 Å². The van der Waals surface area contributed by atoms with Crippen LogP contribution in [0.3, 0.4) is 0 Å². The van der Waals surface area contributed by atoms with Crippen molar-refractivity contribution in [2.45, 2.75) is 25.3 Å². The Balaban J connectivity index is 2.01. The van der Waals surface area contributed by atoms with E-state index in [9.17, 15) is 9.59 Å². The number of nitrogens with one attached hydrogen (secondary N) is 1. The van der Waals surface area contributed by atoms with Crippen LogP contribution in [0.1, 0.15) is 29.6 Å². The van der Waals surface area contributed by atoms with Crippen molar-refractivity contribution in [1.82, 2.24) is 10.2 Å². The summed E-state index contributed by atoms with van der Waals surface area (Å²) in [4.78, 5) is 26.3. The number of alkyl halides is 1. The fourth-order valence-corrected chi connectivity index (χ4v) is 3.15. The minimum absolute atomic E-state index is 0.0154. The molecule has 1 aromatic rings. The van der Waals surface area contributed by atoms with E-state index in [0.29, 0.717) is 61.0 Å². The largest absolute Gasteiger partial charge is 0.493 e. The van der Waals surface area contributed by atoms with Gasteiger partial charge in [0.2, 0.25) is 11.7 Å². The predicted octanol–water partition coefficient (Wildman–Crippen LogP) is 2.06. The summed E-state index contributed by atoms with van der Waals surface area (Å²) in [6.45, 7) is 1.24. The van der Waals surface area contributed by atoms with E-state index in [1.165, 1.54) is 21.3 Å². The van der Waals surface area contributed by atoms with Crippen molar-refractivity contribution in [3.8, 4) is 17.2 Å². The van der Waals surface area contributed by atoms with E-state index in [1.807, 2.05) is 0 Å². The van der Waals surface area contributed by atoms with Gasteiger partial charge in [-0.2, -0.15) is 0 Å². The van der Waals surface area contributed by atoms with Crippen molar-refractivity contribution in [1.29, 1.82) is 0 Å². The Hall–Kier alpha value is -2.15. The third-order valence-corrected chi connectivity index (χ3v) is 4.61. The summed E-state index contributed by atoms with van der Waals surface area (Å²) in [6.07, 6.45) is 1.78. The van der Waals surface area contributed by atoms with Gasteiger partial charge < -0.3 is 24.4 Å². The molecular formula is C18H25ClN2O5. The Morgan fingerprint density at radius 3 is 2.15 bits per heavy atom. The third kappa shape index (κ3) is 4.72. The molecule has 1 aliphatic rings. The lowest BCUT2D eigenvalue weighted by atomic mass is 10.0. The Bertz CT molecular complexity index is 619. The van der Waals surface area contributed by atoms with E-state index in [0.717, 1.165) is 0 Å². The zero-order valence-corrected chi connectivity index (χ0v) is 16.1. The Labute approximate surface area is 158 Å². The Morgan fingerprint density at radius 1 is 1.12 bits per heavy atom. The van der Waals surface area contributed by atoms with E-state index in [2.05, 4.69) is 5.32 Å². The highest BCUT2D eigenvalue weighted by atomic mass is 35.5. The van der Waals surface area contributed by atoms with Crippen molar-refractivity contribution in [3.63, 3.8) is 0 Å². The number of carbonyl (C=O) groups excluding carboxylic acids is 2. The van der Waals surface area contributed by atoms with Gasteiger partial charge in [0.25, 0.3) is 5.91 Å². The summed E-state index contributed by atoms with van der Waals surface area (Å²) in [7, 11) is 4.53. The number of ether oxygens (including phenoxy) is 3. The average molecular weight is 385 g/mol. The SMILES string of the molecule is COc1cc(C(=O)NC2CCN(C(=O)CCCl)CC2)cc(OC)c1OC. The van der Waals surface area contributed by atoms with Crippen LogP contribution in [0.25, 0.3) is 0 Å². The number of piperidine rings is 1. The number of rotatable bonds is 7. The second kappa shape index (κ2) is 9.52. The molecule has 2 rings (SSSR count). The van der Waals surface area contributed by atoms with Crippen molar-refractivity contribution >= 4 is 23.4 Å². The fraction of sp³-hybridized carbons (Fsp3) is 0.556. The van der Waals surface area contributed by atoms with Gasteiger partial charge in [-0.05, 0) is 25.0 Å². The molecule has 0 aromatic heterocycles. The molecule has 7 nitrogen and oxygen atoms in total. The summed E-state index contributed by atoms with van der Waals surface area (Å²) in [6, 6.07) is 3.26. The minimum Gasteiger partial charge on any atom is -0.493 e. The Morgan fingerprint density at radius 2 is 1.69 bits per heavy atom. The van der Waals surface area contributed by atoms with Gasteiger partial charge in [0.05, 0.1) is 21.3 Å². The number of likely N-dealkylation sites (tertiary alicyclic amines) is 1. The number of hydrogen-bond donors (Lipinski definition) is 1. The molecule has 0 unspecified atom stereocenters. The molecule has 0 radical (unpaired) electrons. The highest BCUT2D eigenvalue weighted by molar-refractivity contribution is 6.18. The molecule has 1 N–H and O–H groups in total. The number of halogens is 1. The number of amides is 2. The first-order chi connectivity index (χ1) is 12.5. The molecule has 1 saturated heterocycles. The summed E-state index contributed by atoms with van der Waals surface area (Å²) in [5, 5.41) is 3.01. The number of methoxy groups -OCH3 is 3. The first-order valence-electron chi connectivity index (χ1n) is 8.48. The number of hydrogen-bond acceptors (Lipinski definition) is 5. The zero-order valence-electron chi connectivity index (χ0n) is 15.3. The van der Waals surface area contributed by atoms with Gasteiger partial charge in [-0.1, -0.05) is 0 Å². The quantitative estimate of drug-likeness (QED) is 0.728. The van der Waals surface area contributed by atoms with Crippen LogP contribution in [0.4, 0.5) is 0 Å². The smallest absolute Gasteiger partial charge is 0.251 e. The molecule has 2 amide bonds. The fourth-order valence-electron chi connectivity index (χ4n) is 2.99. The molecule has 1 aromatic carbocycles. The van der Waals surface area contributed by atoms with Gasteiger partial charge in [-0.25, -0.2) is 0 Å². The molecule has 0 saturated carbocycles. The van der Waals surface area contributed by atoms with Crippen LogP contribution in [0.2, 0.25) is 0 Å². The van der Waals surface area contributed by atoms with E-state index in [1.54, 1.807) is 17.0 Å². The highest BCUT2D eigenvalue weighted by Crippen LogP contribution is 2.38. The van der Waals surface area contributed by atoms with Crippen LogP contribution in [0.15, 0.2) is 12.1 Å². The number of benzene rings is 1. The van der Waals surface area contributed by atoms with E-state index >= 15 is 0 Å². The van der Waals surface area contributed by atoms with E-state index in [4.69, 9.17) is 25.8 Å². The van der Waals surface area contributed by atoms with Crippen molar-refractivity contribution in [3.05, 3.63) is 17.7 Å². The lowest BCUT2D eigenvalue weighted by Gasteiger charge is -2.32. The van der Waals surface area contributed by atoms with E-state index in [-0.39, 0.29) is 17.9 Å². The monoisotopic (exact) mass is 384 g/mol. The molecule has 144 valence electrons. The average Bonchev–Trinajstić information content (AvgIpc) is 2.67. The maximum Gasteiger partial charge on any atom is 0.251 e. The van der Waals surface area contributed by atoms with Crippen LogP contribution >= 0.6 is 11.6 Å². The van der Waals surface area contributed by atoms with E-state index < -0.39 is 0 Å². The highest BCUT2D eigenvalue weighted by Gasteiger charge is 2.24. The zero-order chi connectivity index (χ0) is 19.1. The summed E-state index contributed by atoms with van der Waals surface area (Å²) < 4.78 is 15.8. The summed E-state index contributed by atoms with van der Waals surface area (Å²) >= 11 is 5.62. The van der Waals surface area contributed by atoms with Crippen molar-refractivity contribution in [2.24, 2.45) is 0 Å². The van der Waals surface area contributed by atoms with Crippen LogP contribution in [0, 0.1) is 0 Å². The molecule has 1 heterocycles. The lowest BCUT2D eigenvalue weighted by molar-refractivity contribution is -0.131. The van der Waals surface area contributed by atoms with Crippen molar-refractivity contribution < 1.29 is 23.8 Å². The first-order valence-corrected chi connectivity index (χ1v) is 9.02. The van der Waals surface area contributed by atoms with Gasteiger partial charge in [0, 0.05) is 37.0 Å². The topological polar surface area (TPSA) is 77.1 Å². The molecule has 8 heteroatoms. The third-order valence-electron chi connectivity index (χ3n) is 4.42. The molecule has 0 atom stereocenters. The Kier molecular flexibility index (Phi) is 7.38. The van der Waals surface area contributed by atoms with Gasteiger partial charge in [-0.3, -0.25) is 9.59 Å². The maximum absolute atomic E-state index is 12.6. The molecule has 26 heavy (non-hydrogen) atoms. The van der Waals surface area contributed by atoms with Crippen LogP contribution < -0.4 is 19.5 Å². The lowest BCUT2D eigenvalue weighted by Crippen LogP contribution is -2.46. The minimum atomic E-state index is -0.213. The van der Waals surface area contributed by atoms with Crippen LogP contribution in [0.5, 0.6) is 17.2 Å². The van der Waals surface area contributed by atoms with Crippen LogP contribution in [-0.4, -0.2) is 63.1 Å². The molecule has 0 aliphatic carbocycles. The molecule has 0 bridgehead atoms. The maximum atomic E-state index is 12.6. The molecule has 1 fully saturated rings. The molecular weight excluding hydrogens is 360 g/mol. The number of carbonyl (C=O) groups is 2. The van der Waals surface area contributed by atoms with Gasteiger partial charge in [0.15, 0.2) is 11.5 Å². The normalized spacial score (nSPS) is 14.7. The second-order valence-corrected chi connectivity index (χ2v) is 6.36. The standard InChI is InChI=1S/C18H25ClN2O5/c1-24-14-10-12(11-15(25-2)17(14)26-3)18(23)20-13-5-8-21(9-6-13)16(22)4-7-19/h10-11,13H,4-9H2,1-3H3,(H,20,23). The summed E-state index contributed by atoms with van der Waals surface area (Å²) in [5.41, 5.74) is 0.431. The predicted molar refractivity (Wildman–Crippen MR) is 98.5 cm³/mol. The molecule has 1 aliphatic heterocycles.